The van der Waals surface area contributed by atoms with E-state index in [0.29, 0.717) is 12.4 Å². The van der Waals surface area contributed by atoms with Crippen LogP contribution >= 0.6 is 11.3 Å². The van der Waals surface area contributed by atoms with Gasteiger partial charge in [0, 0.05) is 40.0 Å². The molecule has 2 N–H and O–H groups in total. The topological polar surface area (TPSA) is 109 Å². The number of aryl methyl sites for hydroxylation is 1. The number of pyridine rings is 2. The number of nitrogens with zero attached hydrogens (tertiary/aromatic N) is 5. The molecule has 202 valence electrons. The van der Waals surface area contributed by atoms with Crippen molar-refractivity contribution in [3.63, 3.8) is 0 Å². The molecule has 0 spiro atoms. The monoisotopic (exact) mass is 561 g/mol. The molecule has 0 saturated heterocycles. The van der Waals surface area contributed by atoms with Crippen LogP contribution < -0.4 is 10.6 Å². The Morgan fingerprint density at radius 1 is 1.07 bits per heavy atom. The van der Waals surface area contributed by atoms with Crippen molar-refractivity contribution in [2.45, 2.75) is 19.5 Å². The van der Waals surface area contributed by atoms with E-state index in [0.717, 1.165) is 42.8 Å². The molecule has 8 nitrogen and oxygen atoms in total. The van der Waals surface area contributed by atoms with Crippen molar-refractivity contribution in [2.24, 2.45) is 7.05 Å². The van der Waals surface area contributed by atoms with Gasteiger partial charge in [0.05, 0.1) is 35.6 Å². The smallest absolute Gasteiger partial charge is 0.255 e. The molecule has 6 aromatic rings. The van der Waals surface area contributed by atoms with Crippen LogP contribution in [0.2, 0.25) is 0 Å². The first kappa shape index (κ1) is 26.1. The number of amides is 1. The molecule has 1 atom stereocenters. The number of anilines is 1. The van der Waals surface area contributed by atoms with Crippen LogP contribution in [-0.4, -0.2) is 25.4 Å². The van der Waals surface area contributed by atoms with Crippen LogP contribution in [0.1, 0.15) is 39.3 Å². The molecule has 2 aromatic carbocycles. The van der Waals surface area contributed by atoms with Crippen molar-refractivity contribution < 1.29 is 9.18 Å². The lowest BCUT2D eigenvalue weighted by molar-refractivity contribution is 0.0940. The van der Waals surface area contributed by atoms with E-state index >= 15 is 0 Å². The summed E-state index contributed by atoms with van der Waals surface area (Å²) < 4.78 is 15.3. The molecule has 4 heterocycles. The summed E-state index contributed by atoms with van der Waals surface area (Å²) in [5.41, 5.74) is 4.11. The Labute approximate surface area is 239 Å². The maximum Gasteiger partial charge on any atom is 0.255 e. The summed E-state index contributed by atoms with van der Waals surface area (Å²) >= 11 is 1.64. The average Bonchev–Trinajstić information content (AvgIpc) is 3.63. The number of rotatable bonds is 7. The summed E-state index contributed by atoms with van der Waals surface area (Å²) in [6.45, 7) is 2.26. The lowest BCUT2D eigenvalue weighted by Crippen LogP contribution is -2.27. The van der Waals surface area contributed by atoms with E-state index in [-0.39, 0.29) is 28.9 Å². The Morgan fingerprint density at radius 2 is 1.90 bits per heavy atom. The highest BCUT2D eigenvalue weighted by Gasteiger charge is 2.18. The number of hydrogen-bond donors (Lipinski definition) is 2. The summed E-state index contributed by atoms with van der Waals surface area (Å²) in [6.07, 6.45) is 5.05. The predicted octanol–water partition coefficient (Wildman–Crippen LogP) is 6.36. The highest BCUT2D eigenvalue weighted by Crippen LogP contribution is 2.33. The molecule has 0 aliphatic heterocycles. The highest BCUT2D eigenvalue weighted by atomic mass is 32.1. The lowest BCUT2D eigenvalue weighted by atomic mass is 10.1. The third-order valence-electron chi connectivity index (χ3n) is 6.91. The van der Waals surface area contributed by atoms with Crippen molar-refractivity contribution in [1.82, 2.24) is 24.8 Å². The van der Waals surface area contributed by atoms with Crippen molar-refractivity contribution in [3.05, 3.63) is 107 Å². The normalized spacial score (nSPS) is 11.9. The van der Waals surface area contributed by atoms with Crippen molar-refractivity contribution >= 4 is 45.0 Å². The summed E-state index contributed by atoms with van der Waals surface area (Å²) in [5.74, 6) is -0.350. The zero-order valence-electron chi connectivity index (χ0n) is 22.2. The molecular formula is C31H24FN7OS. The number of nitrogens with one attached hydrogen (secondary N) is 2. The van der Waals surface area contributed by atoms with Gasteiger partial charge in [0.2, 0.25) is 0 Å². The molecule has 0 saturated carbocycles. The van der Waals surface area contributed by atoms with E-state index in [4.69, 9.17) is 0 Å². The third kappa shape index (κ3) is 5.23. The first-order valence-corrected chi connectivity index (χ1v) is 13.7. The molecule has 0 radical (unpaired) electrons. The maximum atomic E-state index is 13.3. The second-order valence-electron chi connectivity index (χ2n) is 9.69. The Hall–Kier alpha value is -5.14. The molecule has 4 aromatic heterocycles. The van der Waals surface area contributed by atoms with Crippen molar-refractivity contribution in [1.29, 1.82) is 5.26 Å². The molecule has 6 rings (SSSR count). The number of benzene rings is 2. The van der Waals surface area contributed by atoms with Crippen LogP contribution in [0.4, 0.5) is 10.2 Å². The van der Waals surface area contributed by atoms with E-state index in [2.05, 4.69) is 49.9 Å². The fourth-order valence-electron chi connectivity index (χ4n) is 4.73. The summed E-state index contributed by atoms with van der Waals surface area (Å²) in [5, 5.41) is 17.7. The molecule has 1 amide bonds. The highest BCUT2D eigenvalue weighted by molar-refractivity contribution is 7.15. The van der Waals surface area contributed by atoms with Gasteiger partial charge in [0.1, 0.15) is 17.7 Å². The van der Waals surface area contributed by atoms with Gasteiger partial charge in [-0.15, -0.1) is 11.3 Å². The van der Waals surface area contributed by atoms with E-state index in [1.54, 1.807) is 29.8 Å². The van der Waals surface area contributed by atoms with Crippen molar-refractivity contribution in [3.8, 4) is 16.5 Å². The minimum Gasteiger partial charge on any atom is -0.365 e. The summed E-state index contributed by atoms with van der Waals surface area (Å²) in [7, 11) is 1.97. The van der Waals surface area contributed by atoms with Gasteiger partial charge in [-0.25, -0.2) is 19.3 Å². The first-order chi connectivity index (χ1) is 19.9. The number of thiophene rings is 1. The first-order valence-electron chi connectivity index (χ1n) is 12.9. The minimum atomic E-state index is -0.382. The van der Waals surface area contributed by atoms with E-state index < -0.39 is 0 Å². The zero-order chi connectivity index (χ0) is 28.5. The summed E-state index contributed by atoms with van der Waals surface area (Å²) in [6, 6.07) is 19.6. The molecule has 0 unspecified atom stereocenters. The second-order valence-corrected chi connectivity index (χ2v) is 10.9. The standard InChI is InChI=1S/C31H24FN7OS/c1-18(20-5-7-23(32)8-6-20)38-31(40)26-11-19(13-33)14-34-29(26)36-16-24-9-10-27(41-24)21-3-4-22-15-35-30-28(25(22)12-21)39(2)17-37-30/h3-12,14-15,17-18H,16H2,1-2H3,(H,34,36)(H,38,40)/t18-/m0/s1. The Morgan fingerprint density at radius 3 is 2.71 bits per heavy atom. The Balaban J connectivity index is 1.21. The Bertz CT molecular complexity index is 1960. The molecule has 0 aliphatic rings. The number of halogens is 1. The van der Waals surface area contributed by atoms with Crippen LogP contribution in [0.3, 0.4) is 0 Å². The summed E-state index contributed by atoms with van der Waals surface area (Å²) in [4.78, 5) is 28.5. The quantitative estimate of drug-likeness (QED) is 0.235. The van der Waals surface area contributed by atoms with Gasteiger partial charge in [-0.2, -0.15) is 5.26 Å². The molecule has 0 fully saturated rings. The second kappa shape index (κ2) is 10.8. The van der Waals surface area contributed by atoms with Gasteiger partial charge < -0.3 is 15.2 Å². The van der Waals surface area contributed by atoms with Gasteiger partial charge in [0.15, 0.2) is 5.65 Å². The van der Waals surface area contributed by atoms with Crippen LogP contribution in [0.15, 0.2) is 79.4 Å². The largest absolute Gasteiger partial charge is 0.365 e. The number of nitriles is 1. The SMILES string of the molecule is C[C@H](NC(=O)c1cc(C#N)cnc1NCc1ccc(-c2ccc3cnc4ncn(C)c4c3c2)s1)c1ccc(F)cc1. The van der Waals surface area contributed by atoms with E-state index in [9.17, 15) is 14.4 Å². The number of carbonyl (C=O) groups excluding carboxylic acids is 1. The number of carbonyl (C=O) groups is 1. The molecule has 0 bridgehead atoms. The average molecular weight is 562 g/mol. The van der Waals surface area contributed by atoms with Gasteiger partial charge in [-0.3, -0.25) is 4.79 Å². The van der Waals surface area contributed by atoms with Gasteiger partial charge in [-0.1, -0.05) is 24.3 Å². The number of aromatic nitrogens is 4. The maximum absolute atomic E-state index is 13.3. The number of imidazole rings is 1. The fraction of sp³-hybridized carbons (Fsp3) is 0.129. The third-order valence-corrected chi connectivity index (χ3v) is 8.04. The molecule has 41 heavy (non-hydrogen) atoms. The molecule has 10 heteroatoms. The van der Waals surface area contributed by atoms with E-state index in [1.807, 2.05) is 36.9 Å². The fourth-order valence-corrected chi connectivity index (χ4v) is 5.67. The van der Waals surface area contributed by atoms with Gasteiger partial charge in [-0.05, 0) is 54.4 Å². The van der Waals surface area contributed by atoms with Gasteiger partial charge in [0.25, 0.3) is 5.91 Å². The number of fused-ring (bicyclic) bond motifs is 3. The minimum absolute atomic E-state index is 0.262. The predicted molar refractivity (Wildman–Crippen MR) is 158 cm³/mol. The van der Waals surface area contributed by atoms with E-state index in [1.165, 1.54) is 24.4 Å². The lowest BCUT2D eigenvalue weighted by Gasteiger charge is -2.16. The van der Waals surface area contributed by atoms with Crippen LogP contribution in [-0.2, 0) is 13.6 Å². The molecule has 0 aliphatic carbocycles. The number of hydrogen-bond acceptors (Lipinski definition) is 7. The van der Waals surface area contributed by atoms with Gasteiger partial charge >= 0.3 is 0 Å². The molecular weight excluding hydrogens is 537 g/mol. The van der Waals surface area contributed by atoms with Crippen LogP contribution in [0.25, 0.3) is 32.4 Å². The zero-order valence-corrected chi connectivity index (χ0v) is 23.0. The van der Waals surface area contributed by atoms with Crippen molar-refractivity contribution in [2.75, 3.05) is 5.32 Å². The van der Waals surface area contributed by atoms with Crippen LogP contribution in [0, 0.1) is 17.1 Å². The van der Waals surface area contributed by atoms with Crippen LogP contribution in [0.5, 0.6) is 0 Å². The Kier molecular flexibility index (Phi) is 6.87.